The van der Waals surface area contributed by atoms with E-state index in [4.69, 9.17) is 4.74 Å². The Kier molecular flexibility index (Phi) is 6.55. The second-order valence-electron chi connectivity index (χ2n) is 7.93. The first-order valence-electron chi connectivity index (χ1n) is 10.2. The van der Waals surface area contributed by atoms with E-state index in [1.807, 2.05) is 49.9 Å². The van der Waals surface area contributed by atoms with Crippen molar-refractivity contribution in [3.05, 3.63) is 64.2 Å². The van der Waals surface area contributed by atoms with Crippen molar-refractivity contribution in [2.75, 3.05) is 11.9 Å². The van der Waals surface area contributed by atoms with Crippen LogP contribution in [0.2, 0.25) is 0 Å². The molecule has 1 atom stereocenters. The second kappa shape index (κ2) is 9.11. The summed E-state index contributed by atoms with van der Waals surface area (Å²) in [6.45, 7) is 8.74. The number of hydrogen-bond acceptors (Lipinski definition) is 4. The van der Waals surface area contributed by atoms with E-state index < -0.39 is 12.1 Å². The molecule has 6 nitrogen and oxygen atoms in total. The number of likely N-dealkylation sites (tertiary alicyclic amines) is 1. The highest BCUT2D eigenvalue weighted by Crippen LogP contribution is 2.22. The van der Waals surface area contributed by atoms with Crippen LogP contribution in [-0.4, -0.2) is 35.3 Å². The zero-order valence-electron chi connectivity index (χ0n) is 18.0. The molecular formula is C24H28N2O4. The molecule has 2 aromatic rings. The van der Waals surface area contributed by atoms with Crippen LogP contribution in [0.4, 0.5) is 5.69 Å². The average molecular weight is 408 g/mol. The highest BCUT2D eigenvalue weighted by molar-refractivity contribution is 5.98. The van der Waals surface area contributed by atoms with Crippen LogP contribution in [0.5, 0.6) is 0 Å². The molecule has 1 saturated heterocycles. The Bertz CT molecular complexity index is 943. The highest BCUT2D eigenvalue weighted by atomic mass is 16.5. The molecule has 2 aromatic carbocycles. The SMILES string of the molecule is Cc1cc(C)c(NC(=O)C(C)OC(=O)c2ccc(CN3CCCC3=O)cc2)c(C)c1. The number of nitrogens with one attached hydrogen (secondary N) is 1. The van der Waals surface area contributed by atoms with E-state index in [9.17, 15) is 14.4 Å². The Balaban J connectivity index is 1.58. The van der Waals surface area contributed by atoms with Crippen LogP contribution in [0.25, 0.3) is 0 Å². The van der Waals surface area contributed by atoms with Crippen molar-refractivity contribution in [3.63, 3.8) is 0 Å². The maximum Gasteiger partial charge on any atom is 0.338 e. The number of carbonyl (C=O) groups excluding carboxylic acids is 3. The summed E-state index contributed by atoms with van der Waals surface area (Å²) in [5.41, 5.74) is 5.12. The first kappa shape index (κ1) is 21.6. The minimum atomic E-state index is -0.931. The van der Waals surface area contributed by atoms with E-state index in [-0.39, 0.29) is 11.8 Å². The predicted octanol–water partition coefficient (Wildman–Crippen LogP) is 3.92. The molecule has 0 aliphatic carbocycles. The molecule has 0 spiro atoms. The number of benzene rings is 2. The fourth-order valence-corrected chi connectivity index (χ4v) is 3.72. The molecule has 3 rings (SSSR count). The maximum absolute atomic E-state index is 12.5. The number of amides is 2. The van der Waals surface area contributed by atoms with Crippen molar-refractivity contribution in [2.24, 2.45) is 0 Å². The lowest BCUT2D eigenvalue weighted by Crippen LogP contribution is -2.30. The van der Waals surface area contributed by atoms with E-state index >= 15 is 0 Å². The topological polar surface area (TPSA) is 75.7 Å². The lowest BCUT2D eigenvalue weighted by molar-refractivity contribution is -0.128. The fraction of sp³-hybridized carbons (Fsp3) is 0.375. The van der Waals surface area contributed by atoms with Crippen molar-refractivity contribution in [1.29, 1.82) is 0 Å². The molecular weight excluding hydrogens is 380 g/mol. The third-order valence-electron chi connectivity index (χ3n) is 5.31. The molecule has 30 heavy (non-hydrogen) atoms. The summed E-state index contributed by atoms with van der Waals surface area (Å²) in [4.78, 5) is 38.5. The molecule has 1 aliphatic rings. The van der Waals surface area contributed by atoms with Crippen molar-refractivity contribution in [1.82, 2.24) is 4.90 Å². The summed E-state index contributed by atoms with van der Waals surface area (Å²) in [5, 5.41) is 2.86. The number of ether oxygens (including phenoxy) is 1. The van der Waals surface area contributed by atoms with Gasteiger partial charge in [0.25, 0.3) is 5.91 Å². The Morgan fingerprint density at radius 1 is 1.10 bits per heavy atom. The van der Waals surface area contributed by atoms with E-state index in [0.717, 1.165) is 40.9 Å². The second-order valence-corrected chi connectivity index (χ2v) is 7.93. The smallest absolute Gasteiger partial charge is 0.338 e. The van der Waals surface area contributed by atoms with E-state index in [0.29, 0.717) is 18.5 Å². The van der Waals surface area contributed by atoms with Gasteiger partial charge in [0.1, 0.15) is 0 Å². The molecule has 0 bridgehead atoms. The van der Waals surface area contributed by atoms with Crippen LogP contribution in [0.15, 0.2) is 36.4 Å². The van der Waals surface area contributed by atoms with Crippen LogP contribution in [0, 0.1) is 20.8 Å². The lowest BCUT2D eigenvalue weighted by atomic mass is 10.0. The normalized spacial score (nSPS) is 14.5. The van der Waals surface area contributed by atoms with Crippen molar-refractivity contribution in [2.45, 2.75) is 53.2 Å². The zero-order chi connectivity index (χ0) is 21.8. The van der Waals surface area contributed by atoms with Gasteiger partial charge in [0.15, 0.2) is 6.10 Å². The van der Waals surface area contributed by atoms with Gasteiger partial charge in [-0.3, -0.25) is 9.59 Å². The molecule has 0 radical (unpaired) electrons. The van der Waals surface area contributed by atoms with E-state index in [2.05, 4.69) is 5.32 Å². The molecule has 1 N–H and O–H groups in total. The molecule has 0 saturated carbocycles. The minimum Gasteiger partial charge on any atom is -0.449 e. The quantitative estimate of drug-likeness (QED) is 0.735. The molecule has 1 fully saturated rings. The van der Waals surface area contributed by atoms with Gasteiger partial charge in [-0.1, -0.05) is 29.8 Å². The third kappa shape index (κ3) is 5.06. The van der Waals surface area contributed by atoms with Gasteiger partial charge in [-0.15, -0.1) is 0 Å². The van der Waals surface area contributed by atoms with Crippen LogP contribution < -0.4 is 5.32 Å². The Morgan fingerprint density at radius 3 is 2.30 bits per heavy atom. The third-order valence-corrected chi connectivity index (χ3v) is 5.31. The lowest BCUT2D eigenvalue weighted by Gasteiger charge is -2.17. The number of hydrogen-bond donors (Lipinski definition) is 1. The van der Waals surface area contributed by atoms with Crippen LogP contribution in [0.1, 0.15) is 52.4 Å². The highest BCUT2D eigenvalue weighted by Gasteiger charge is 2.22. The van der Waals surface area contributed by atoms with Crippen molar-refractivity contribution >= 4 is 23.5 Å². The van der Waals surface area contributed by atoms with E-state index in [1.165, 1.54) is 0 Å². The van der Waals surface area contributed by atoms with Crippen LogP contribution in [-0.2, 0) is 20.9 Å². The molecule has 6 heteroatoms. The molecule has 158 valence electrons. The zero-order valence-corrected chi connectivity index (χ0v) is 18.0. The van der Waals surface area contributed by atoms with Crippen molar-refractivity contribution in [3.8, 4) is 0 Å². The summed E-state index contributed by atoms with van der Waals surface area (Å²) in [5.74, 6) is -0.765. The summed E-state index contributed by atoms with van der Waals surface area (Å²) in [6, 6.07) is 10.9. The van der Waals surface area contributed by atoms with Gasteiger partial charge in [-0.25, -0.2) is 4.79 Å². The summed E-state index contributed by atoms with van der Waals surface area (Å²) < 4.78 is 5.35. The minimum absolute atomic E-state index is 0.164. The summed E-state index contributed by atoms with van der Waals surface area (Å²) in [7, 11) is 0. The Labute approximate surface area is 177 Å². The number of nitrogens with zero attached hydrogens (tertiary/aromatic N) is 1. The average Bonchev–Trinajstić information content (AvgIpc) is 3.09. The first-order chi connectivity index (χ1) is 14.2. The Morgan fingerprint density at radius 2 is 1.73 bits per heavy atom. The van der Waals surface area contributed by atoms with Gasteiger partial charge in [0, 0.05) is 25.2 Å². The number of esters is 1. The number of anilines is 1. The number of carbonyl (C=O) groups is 3. The largest absolute Gasteiger partial charge is 0.449 e. The van der Waals surface area contributed by atoms with Crippen LogP contribution in [0.3, 0.4) is 0 Å². The standard InChI is InChI=1S/C24H28N2O4/c1-15-12-16(2)22(17(3)13-15)25-23(28)18(4)30-24(29)20-9-7-19(8-10-20)14-26-11-5-6-21(26)27/h7-10,12-13,18H,5-6,11,14H2,1-4H3,(H,25,28). The summed E-state index contributed by atoms with van der Waals surface area (Å²) >= 11 is 0. The fourth-order valence-electron chi connectivity index (χ4n) is 3.72. The molecule has 1 aliphatic heterocycles. The van der Waals surface area contributed by atoms with Gasteiger partial charge < -0.3 is 15.0 Å². The maximum atomic E-state index is 12.5. The first-order valence-corrected chi connectivity index (χ1v) is 10.2. The molecule has 0 aromatic heterocycles. The summed E-state index contributed by atoms with van der Waals surface area (Å²) in [6.07, 6.45) is 0.566. The Hall–Kier alpha value is -3.15. The van der Waals surface area contributed by atoms with Crippen molar-refractivity contribution < 1.29 is 19.1 Å². The van der Waals surface area contributed by atoms with Gasteiger partial charge in [0.05, 0.1) is 5.56 Å². The predicted molar refractivity (Wildman–Crippen MR) is 115 cm³/mol. The van der Waals surface area contributed by atoms with Gasteiger partial charge in [0.2, 0.25) is 5.91 Å². The van der Waals surface area contributed by atoms with Crippen LogP contribution >= 0.6 is 0 Å². The molecule has 1 heterocycles. The van der Waals surface area contributed by atoms with Gasteiger partial charge in [-0.05, 0) is 62.9 Å². The van der Waals surface area contributed by atoms with E-state index in [1.54, 1.807) is 19.1 Å². The number of aryl methyl sites for hydroxylation is 3. The molecule has 1 unspecified atom stereocenters. The van der Waals surface area contributed by atoms with Gasteiger partial charge in [-0.2, -0.15) is 0 Å². The number of rotatable bonds is 6. The monoisotopic (exact) mass is 408 g/mol. The molecule has 2 amide bonds. The van der Waals surface area contributed by atoms with Gasteiger partial charge >= 0.3 is 5.97 Å².